The van der Waals surface area contributed by atoms with Crippen LogP contribution in [0.4, 0.5) is 0 Å². The van der Waals surface area contributed by atoms with Crippen molar-refractivity contribution in [3.05, 3.63) is 47.6 Å². The van der Waals surface area contributed by atoms with E-state index in [9.17, 15) is 4.79 Å². The van der Waals surface area contributed by atoms with Crippen molar-refractivity contribution in [2.24, 2.45) is 0 Å². The van der Waals surface area contributed by atoms with Crippen LogP contribution in [0, 0.1) is 6.92 Å². The number of hydrogen-bond acceptors (Lipinski definition) is 4. The lowest BCUT2D eigenvalue weighted by atomic mass is 10.2. The number of aryl methyl sites for hydroxylation is 1. The lowest BCUT2D eigenvalue weighted by molar-refractivity contribution is 0.0949. The largest absolute Gasteiger partial charge is 0.361 e. The Kier molecular flexibility index (Phi) is 2.95. The van der Waals surface area contributed by atoms with Crippen molar-refractivity contribution in [2.75, 3.05) is 0 Å². The standard InChI is InChI=1S/C11H11N3O2/c1-8-10(7-14-16-8)11(15)13-6-9-2-4-12-5-3-9/h2-5,7H,6H2,1H3,(H,13,15). The first-order valence-electron chi connectivity index (χ1n) is 4.86. The van der Waals surface area contributed by atoms with Gasteiger partial charge in [-0.15, -0.1) is 0 Å². The smallest absolute Gasteiger partial charge is 0.256 e. The first kappa shape index (κ1) is 10.4. The summed E-state index contributed by atoms with van der Waals surface area (Å²) in [7, 11) is 0. The molecule has 0 spiro atoms. The van der Waals surface area contributed by atoms with Crippen molar-refractivity contribution in [3.63, 3.8) is 0 Å². The summed E-state index contributed by atoms with van der Waals surface area (Å²) in [6, 6.07) is 3.70. The minimum atomic E-state index is -0.185. The molecule has 0 aliphatic heterocycles. The molecule has 0 atom stereocenters. The van der Waals surface area contributed by atoms with E-state index in [4.69, 9.17) is 4.52 Å². The predicted molar refractivity (Wildman–Crippen MR) is 56.6 cm³/mol. The summed E-state index contributed by atoms with van der Waals surface area (Å²) in [6.45, 7) is 2.17. The Morgan fingerprint density at radius 2 is 2.19 bits per heavy atom. The van der Waals surface area contributed by atoms with Crippen LogP contribution in [0.2, 0.25) is 0 Å². The second-order valence-electron chi connectivity index (χ2n) is 3.33. The molecule has 0 unspecified atom stereocenters. The highest BCUT2D eigenvalue weighted by Gasteiger charge is 2.11. The lowest BCUT2D eigenvalue weighted by Gasteiger charge is -2.03. The van der Waals surface area contributed by atoms with Gasteiger partial charge in [-0.3, -0.25) is 9.78 Å². The topological polar surface area (TPSA) is 68.0 Å². The number of carbonyl (C=O) groups is 1. The van der Waals surface area contributed by atoms with E-state index in [0.29, 0.717) is 17.9 Å². The first-order valence-corrected chi connectivity index (χ1v) is 4.86. The van der Waals surface area contributed by atoms with Crippen LogP contribution in [0.25, 0.3) is 0 Å². The second kappa shape index (κ2) is 4.57. The van der Waals surface area contributed by atoms with Crippen molar-refractivity contribution in [1.82, 2.24) is 15.5 Å². The van der Waals surface area contributed by atoms with Gasteiger partial charge in [0.25, 0.3) is 5.91 Å². The van der Waals surface area contributed by atoms with Gasteiger partial charge in [-0.2, -0.15) is 0 Å². The van der Waals surface area contributed by atoms with Gasteiger partial charge in [0.2, 0.25) is 0 Å². The predicted octanol–water partition coefficient (Wildman–Crippen LogP) is 1.31. The van der Waals surface area contributed by atoms with E-state index in [1.807, 2.05) is 12.1 Å². The molecule has 16 heavy (non-hydrogen) atoms. The van der Waals surface area contributed by atoms with Gasteiger partial charge in [-0.25, -0.2) is 0 Å². The molecule has 2 aromatic rings. The zero-order valence-corrected chi connectivity index (χ0v) is 8.80. The molecule has 82 valence electrons. The average molecular weight is 217 g/mol. The molecule has 5 heteroatoms. The van der Waals surface area contributed by atoms with Crippen LogP contribution in [0.1, 0.15) is 21.7 Å². The average Bonchev–Trinajstić information content (AvgIpc) is 2.74. The highest BCUT2D eigenvalue weighted by molar-refractivity contribution is 5.94. The molecule has 1 N–H and O–H groups in total. The molecule has 2 rings (SSSR count). The van der Waals surface area contributed by atoms with E-state index < -0.39 is 0 Å². The van der Waals surface area contributed by atoms with Gasteiger partial charge in [-0.05, 0) is 24.6 Å². The van der Waals surface area contributed by atoms with E-state index >= 15 is 0 Å². The van der Waals surface area contributed by atoms with Gasteiger partial charge in [0, 0.05) is 18.9 Å². The summed E-state index contributed by atoms with van der Waals surface area (Å²) in [5.41, 5.74) is 1.46. The molecular weight excluding hydrogens is 206 g/mol. The van der Waals surface area contributed by atoms with E-state index in [0.717, 1.165) is 5.56 Å². The molecule has 5 nitrogen and oxygen atoms in total. The Balaban J connectivity index is 1.97. The third kappa shape index (κ3) is 2.25. The van der Waals surface area contributed by atoms with E-state index in [-0.39, 0.29) is 5.91 Å². The molecule has 0 saturated heterocycles. The Labute approximate surface area is 92.5 Å². The van der Waals surface area contributed by atoms with Crippen molar-refractivity contribution >= 4 is 5.91 Å². The number of nitrogens with one attached hydrogen (secondary N) is 1. The summed E-state index contributed by atoms with van der Waals surface area (Å²) >= 11 is 0. The second-order valence-corrected chi connectivity index (χ2v) is 3.33. The van der Waals surface area contributed by atoms with Crippen LogP contribution < -0.4 is 5.32 Å². The highest BCUT2D eigenvalue weighted by Crippen LogP contribution is 2.05. The lowest BCUT2D eigenvalue weighted by Crippen LogP contribution is -2.22. The number of carbonyl (C=O) groups excluding carboxylic acids is 1. The van der Waals surface area contributed by atoms with Gasteiger partial charge in [0.1, 0.15) is 11.3 Å². The SMILES string of the molecule is Cc1oncc1C(=O)NCc1ccncc1. The van der Waals surface area contributed by atoms with Crippen LogP contribution >= 0.6 is 0 Å². The molecule has 0 radical (unpaired) electrons. The fraction of sp³-hybridized carbons (Fsp3) is 0.182. The zero-order chi connectivity index (χ0) is 11.4. The summed E-state index contributed by atoms with van der Waals surface area (Å²) in [4.78, 5) is 15.6. The van der Waals surface area contributed by atoms with Gasteiger partial charge in [0.05, 0.1) is 6.20 Å². The number of hydrogen-bond donors (Lipinski definition) is 1. The van der Waals surface area contributed by atoms with Crippen LogP contribution in [0.15, 0.2) is 35.2 Å². The zero-order valence-electron chi connectivity index (χ0n) is 8.80. The maximum absolute atomic E-state index is 11.7. The molecular formula is C11H11N3O2. The molecule has 1 amide bonds. The number of aromatic nitrogens is 2. The third-order valence-electron chi connectivity index (χ3n) is 2.20. The Morgan fingerprint density at radius 3 is 2.81 bits per heavy atom. The molecule has 2 heterocycles. The third-order valence-corrected chi connectivity index (χ3v) is 2.20. The molecule has 0 bridgehead atoms. The van der Waals surface area contributed by atoms with E-state index in [1.165, 1.54) is 6.20 Å². The van der Waals surface area contributed by atoms with E-state index in [2.05, 4.69) is 15.5 Å². The Hall–Kier alpha value is -2.17. The van der Waals surface area contributed by atoms with Crippen molar-refractivity contribution in [1.29, 1.82) is 0 Å². The molecule has 0 aromatic carbocycles. The summed E-state index contributed by atoms with van der Waals surface area (Å²) in [6.07, 6.45) is 4.79. The Bertz CT molecular complexity index is 479. The van der Waals surface area contributed by atoms with Gasteiger partial charge in [0.15, 0.2) is 0 Å². The van der Waals surface area contributed by atoms with Crippen molar-refractivity contribution in [3.8, 4) is 0 Å². The van der Waals surface area contributed by atoms with Crippen LogP contribution in [0.3, 0.4) is 0 Å². The minimum Gasteiger partial charge on any atom is -0.361 e. The van der Waals surface area contributed by atoms with Crippen LogP contribution in [0.5, 0.6) is 0 Å². The van der Waals surface area contributed by atoms with Crippen LogP contribution in [-0.2, 0) is 6.54 Å². The number of nitrogens with zero attached hydrogens (tertiary/aromatic N) is 2. The summed E-state index contributed by atoms with van der Waals surface area (Å²) < 4.78 is 4.82. The van der Waals surface area contributed by atoms with E-state index in [1.54, 1.807) is 19.3 Å². The molecule has 0 aliphatic carbocycles. The number of pyridine rings is 1. The summed E-state index contributed by atoms with van der Waals surface area (Å²) in [5.74, 6) is 0.336. The van der Waals surface area contributed by atoms with Gasteiger partial charge >= 0.3 is 0 Å². The maximum atomic E-state index is 11.7. The molecule has 2 aromatic heterocycles. The number of rotatable bonds is 3. The van der Waals surface area contributed by atoms with Gasteiger partial charge in [-0.1, -0.05) is 5.16 Å². The van der Waals surface area contributed by atoms with Crippen molar-refractivity contribution < 1.29 is 9.32 Å². The molecule has 0 aliphatic rings. The maximum Gasteiger partial charge on any atom is 0.256 e. The summed E-state index contributed by atoms with van der Waals surface area (Å²) in [5, 5.41) is 6.33. The fourth-order valence-electron chi connectivity index (χ4n) is 1.29. The molecule has 0 fully saturated rings. The number of amides is 1. The minimum absolute atomic E-state index is 0.185. The quantitative estimate of drug-likeness (QED) is 0.841. The van der Waals surface area contributed by atoms with Gasteiger partial charge < -0.3 is 9.84 Å². The van der Waals surface area contributed by atoms with Crippen LogP contribution in [-0.4, -0.2) is 16.0 Å². The fourth-order valence-corrected chi connectivity index (χ4v) is 1.29. The highest BCUT2D eigenvalue weighted by atomic mass is 16.5. The monoisotopic (exact) mass is 217 g/mol. The first-order chi connectivity index (χ1) is 7.77. The normalized spacial score (nSPS) is 10.1. The Morgan fingerprint density at radius 1 is 1.44 bits per heavy atom. The van der Waals surface area contributed by atoms with Crippen molar-refractivity contribution in [2.45, 2.75) is 13.5 Å². The molecule has 0 saturated carbocycles.